The smallest absolute Gasteiger partial charge is 0.248 e. The van der Waals surface area contributed by atoms with Crippen molar-refractivity contribution in [2.45, 2.75) is 32.5 Å². The highest BCUT2D eigenvalue weighted by molar-refractivity contribution is 5.77. The van der Waals surface area contributed by atoms with Crippen LogP contribution in [0.1, 0.15) is 20.8 Å². The molecular formula is C12H23NO4. The molecule has 17 heavy (non-hydrogen) atoms. The Morgan fingerprint density at radius 1 is 1.47 bits per heavy atom. The normalized spacial score (nSPS) is 23.8. The molecule has 1 fully saturated rings. The van der Waals surface area contributed by atoms with E-state index in [1.165, 1.54) is 0 Å². The van der Waals surface area contributed by atoms with Crippen LogP contribution in [-0.4, -0.2) is 62.5 Å². The van der Waals surface area contributed by atoms with Crippen LogP contribution in [0.5, 0.6) is 0 Å². The van der Waals surface area contributed by atoms with E-state index in [2.05, 4.69) is 0 Å². The molecule has 1 aliphatic heterocycles. The number of carbonyl (C=O) groups is 1. The second-order valence-corrected chi connectivity index (χ2v) is 5.01. The molecule has 0 radical (unpaired) electrons. The largest absolute Gasteiger partial charge is 0.382 e. The Kier molecular flexibility index (Phi) is 5.36. The van der Waals surface area contributed by atoms with Crippen LogP contribution in [0.3, 0.4) is 0 Å². The van der Waals surface area contributed by atoms with Gasteiger partial charge in [0.1, 0.15) is 6.61 Å². The van der Waals surface area contributed by atoms with Gasteiger partial charge in [-0.1, -0.05) is 0 Å². The van der Waals surface area contributed by atoms with Gasteiger partial charge in [0.25, 0.3) is 0 Å². The fourth-order valence-corrected chi connectivity index (χ4v) is 2.04. The van der Waals surface area contributed by atoms with E-state index in [0.717, 1.165) is 0 Å². The molecule has 0 spiro atoms. The van der Waals surface area contributed by atoms with Gasteiger partial charge in [0, 0.05) is 20.2 Å². The lowest BCUT2D eigenvalue weighted by Crippen LogP contribution is -2.54. The fourth-order valence-electron chi connectivity index (χ4n) is 2.04. The number of nitrogens with zero attached hydrogens (tertiary/aromatic N) is 1. The zero-order chi connectivity index (χ0) is 12.9. The van der Waals surface area contributed by atoms with Crippen molar-refractivity contribution < 1.29 is 19.0 Å². The van der Waals surface area contributed by atoms with Crippen molar-refractivity contribution in [1.29, 1.82) is 0 Å². The zero-order valence-corrected chi connectivity index (χ0v) is 11.2. The number of rotatable bonds is 5. The lowest BCUT2D eigenvalue weighted by molar-refractivity contribution is -0.162. The first kappa shape index (κ1) is 14.4. The second-order valence-electron chi connectivity index (χ2n) is 5.01. The number of hydrogen-bond donors (Lipinski definition) is 0. The molecule has 1 rings (SSSR count). The third-order valence-corrected chi connectivity index (χ3v) is 2.58. The topological polar surface area (TPSA) is 48.0 Å². The number of morpholine rings is 1. The summed E-state index contributed by atoms with van der Waals surface area (Å²) >= 11 is 0. The molecule has 0 saturated carbocycles. The minimum Gasteiger partial charge on any atom is -0.382 e. The van der Waals surface area contributed by atoms with Crippen LogP contribution in [0.25, 0.3) is 0 Å². The van der Waals surface area contributed by atoms with Gasteiger partial charge in [-0.25, -0.2) is 0 Å². The van der Waals surface area contributed by atoms with Crippen LogP contribution in [-0.2, 0) is 19.0 Å². The summed E-state index contributed by atoms with van der Waals surface area (Å²) in [4.78, 5) is 13.7. The standard InChI is InChI=1S/C12H23NO4/c1-10-7-13(9-12(2,3)17-10)11(14)8-16-6-5-15-4/h10H,5-9H2,1-4H3. The van der Waals surface area contributed by atoms with Crippen LogP contribution in [0, 0.1) is 0 Å². The first-order valence-corrected chi connectivity index (χ1v) is 5.97. The SMILES string of the molecule is COCCOCC(=O)N1CC(C)OC(C)(C)C1. The Bertz CT molecular complexity index is 255. The number of ether oxygens (including phenoxy) is 3. The van der Waals surface area contributed by atoms with E-state index in [1.807, 2.05) is 20.8 Å². The van der Waals surface area contributed by atoms with Crippen molar-refractivity contribution in [2.75, 3.05) is 40.0 Å². The van der Waals surface area contributed by atoms with Crippen molar-refractivity contribution in [3.63, 3.8) is 0 Å². The minimum absolute atomic E-state index is 0.0179. The maximum absolute atomic E-state index is 11.9. The van der Waals surface area contributed by atoms with Crippen LogP contribution in [0.4, 0.5) is 0 Å². The van der Waals surface area contributed by atoms with E-state index in [9.17, 15) is 4.79 Å². The molecule has 1 saturated heterocycles. The van der Waals surface area contributed by atoms with Crippen LogP contribution in [0.15, 0.2) is 0 Å². The van der Waals surface area contributed by atoms with Crippen LogP contribution < -0.4 is 0 Å². The van der Waals surface area contributed by atoms with E-state index in [0.29, 0.717) is 26.3 Å². The summed E-state index contributed by atoms with van der Waals surface area (Å²) in [5.41, 5.74) is -0.278. The summed E-state index contributed by atoms with van der Waals surface area (Å²) < 4.78 is 15.8. The van der Waals surface area contributed by atoms with Crippen LogP contribution >= 0.6 is 0 Å². The molecule has 5 nitrogen and oxygen atoms in total. The molecule has 0 bridgehead atoms. The monoisotopic (exact) mass is 245 g/mol. The number of carbonyl (C=O) groups excluding carboxylic acids is 1. The van der Waals surface area contributed by atoms with Gasteiger partial charge in [-0.15, -0.1) is 0 Å². The zero-order valence-electron chi connectivity index (χ0n) is 11.2. The molecule has 100 valence electrons. The van der Waals surface area contributed by atoms with Crippen molar-refractivity contribution >= 4 is 5.91 Å². The molecule has 1 unspecified atom stereocenters. The summed E-state index contributed by atoms with van der Waals surface area (Å²) in [7, 11) is 1.61. The number of amides is 1. The summed E-state index contributed by atoms with van der Waals surface area (Å²) in [6.45, 7) is 8.30. The third-order valence-electron chi connectivity index (χ3n) is 2.58. The summed E-state index contributed by atoms with van der Waals surface area (Å²) in [5, 5.41) is 0. The number of hydrogen-bond acceptors (Lipinski definition) is 4. The Balaban J connectivity index is 2.35. The highest BCUT2D eigenvalue weighted by Crippen LogP contribution is 2.20. The van der Waals surface area contributed by atoms with Crippen molar-refractivity contribution in [1.82, 2.24) is 4.90 Å². The van der Waals surface area contributed by atoms with E-state index in [-0.39, 0.29) is 24.2 Å². The molecule has 5 heteroatoms. The lowest BCUT2D eigenvalue weighted by atomic mass is 10.1. The summed E-state index contributed by atoms with van der Waals surface area (Å²) in [6, 6.07) is 0. The Labute approximate surface area is 103 Å². The van der Waals surface area contributed by atoms with Crippen LogP contribution in [0.2, 0.25) is 0 Å². The Morgan fingerprint density at radius 2 is 2.18 bits per heavy atom. The average Bonchev–Trinajstić information content (AvgIpc) is 2.21. The molecule has 1 atom stereocenters. The first-order chi connectivity index (χ1) is 7.94. The quantitative estimate of drug-likeness (QED) is 0.668. The van der Waals surface area contributed by atoms with Gasteiger partial charge in [0.05, 0.1) is 24.9 Å². The Hall–Kier alpha value is -0.650. The highest BCUT2D eigenvalue weighted by atomic mass is 16.5. The number of methoxy groups -OCH3 is 1. The van der Waals surface area contributed by atoms with Gasteiger partial charge in [0.15, 0.2) is 0 Å². The molecule has 0 aromatic carbocycles. The predicted molar refractivity (Wildman–Crippen MR) is 63.9 cm³/mol. The predicted octanol–water partition coefficient (Wildman–Crippen LogP) is 0.675. The fraction of sp³-hybridized carbons (Fsp3) is 0.917. The average molecular weight is 245 g/mol. The summed E-state index contributed by atoms with van der Waals surface area (Å²) in [6.07, 6.45) is 0.0710. The maximum atomic E-state index is 11.9. The van der Waals surface area contributed by atoms with Crippen molar-refractivity contribution in [2.24, 2.45) is 0 Å². The lowest BCUT2D eigenvalue weighted by Gasteiger charge is -2.41. The van der Waals surface area contributed by atoms with Gasteiger partial charge in [-0.3, -0.25) is 4.79 Å². The van der Waals surface area contributed by atoms with E-state index in [4.69, 9.17) is 14.2 Å². The molecule has 0 N–H and O–H groups in total. The first-order valence-electron chi connectivity index (χ1n) is 5.97. The molecule has 0 aromatic heterocycles. The van der Waals surface area contributed by atoms with E-state index < -0.39 is 0 Å². The van der Waals surface area contributed by atoms with E-state index >= 15 is 0 Å². The second kappa shape index (κ2) is 6.33. The minimum atomic E-state index is -0.278. The molecule has 1 amide bonds. The van der Waals surface area contributed by atoms with Gasteiger partial charge < -0.3 is 19.1 Å². The van der Waals surface area contributed by atoms with Crippen molar-refractivity contribution in [3.8, 4) is 0 Å². The summed E-state index contributed by atoms with van der Waals surface area (Å²) in [5.74, 6) is 0.0179. The van der Waals surface area contributed by atoms with Crippen molar-refractivity contribution in [3.05, 3.63) is 0 Å². The molecule has 1 heterocycles. The van der Waals surface area contributed by atoms with Gasteiger partial charge in [-0.2, -0.15) is 0 Å². The molecule has 0 aliphatic carbocycles. The third kappa shape index (κ3) is 5.02. The highest BCUT2D eigenvalue weighted by Gasteiger charge is 2.33. The van der Waals surface area contributed by atoms with Gasteiger partial charge in [0.2, 0.25) is 5.91 Å². The molecular weight excluding hydrogens is 222 g/mol. The molecule has 0 aromatic rings. The Morgan fingerprint density at radius 3 is 2.76 bits per heavy atom. The van der Waals surface area contributed by atoms with E-state index in [1.54, 1.807) is 12.0 Å². The van der Waals surface area contributed by atoms with Gasteiger partial charge >= 0.3 is 0 Å². The van der Waals surface area contributed by atoms with Gasteiger partial charge in [-0.05, 0) is 20.8 Å². The molecule has 1 aliphatic rings. The maximum Gasteiger partial charge on any atom is 0.248 e.